The van der Waals surface area contributed by atoms with Crippen LogP contribution in [0.1, 0.15) is 18.4 Å². The molecular formula is C12H18ClFN2O. The van der Waals surface area contributed by atoms with E-state index in [1.54, 1.807) is 19.1 Å². The number of likely N-dealkylation sites (N-methyl/N-ethyl adjacent to an activating group) is 1. The molecule has 1 unspecified atom stereocenters. The van der Waals surface area contributed by atoms with Crippen molar-refractivity contribution in [2.75, 3.05) is 20.1 Å². The lowest BCUT2D eigenvalue weighted by molar-refractivity contribution is -0.122. The fourth-order valence-corrected chi connectivity index (χ4v) is 1.39. The van der Waals surface area contributed by atoms with E-state index in [2.05, 4.69) is 10.6 Å². The monoisotopic (exact) mass is 260 g/mol. The van der Waals surface area contributed by atoms with Gasteiger partial charge in [-0.25, -0.2) is 4.39 Å². The molecule has 3 nitrogen and oxygen atoms in total. The molecule has 0 spiro atoms. The average molecular weight is 261 g/mol. The lowest BCUT2D eigenvalue weighted by atomic mass is 10.0. The molecule has 0 saturated heterocycles. The molecular weight excluding hydrogens is 243 g/mol. The van der Waals surface area contributed by atoms with Crippen molar-refractivity contribution in [2.45, 2.75) is 12.8 Å². The van der Waals surface area contributed by atoms with Crippen LogP contribution >= 0.6 is 12.4 Å². The Kier molecular flexibility index (Phi) is 7.50. The first-order chi connectivity index (χ1) is 7.65. The normalized spacial score (nSPS) is 11.5. The molecule has 0 fully saturated rings. The summed E-state index contributed by atoms with van der Waals surface area (Å²) in [6.45, 7) is 3.07. The van der Waals surface area contributed by atoms with Crippen molar-refractivity contribution in [3.05, 3.63) is 35.6 Å². The molecule has 0 aliphatic heterocycles. The SMILES string of the molecule is CNCCNC(=O)C(C)c1cccc(F)c1.Cl. The van der Waals surface area contributed by atoms with Gasteiger partial charge in [-0.1, -0.05) is 12.1 Å². The Labute approximate surface area is 107 Å². The van der Waals surface area contributed by atoms with Crippen molar-refractivity contribution in [1.29, 1.82) is 0 Å². The fourth-order valence-electron chi connectivity index (χ4n) is 1.39. The molecule has 1 rings (SSSR count). The highest BCUT2D eigenvalue weighted by molar-refractivity contribution is 5.85. The Morgan fingerprint density at radius 1 is 1.41 bits per heavy atom. The second-order valence-electron chi connectivity index (χ2n) is 3.67. The number of benzene rings is 1. The van der Waals surface area contributed by atoms with Crippen LogP contribution in [0.15, 0.2) is 24.3 Å². The van der Waals surface area contributed by atoms with Gasteiger partial charge >= 0.3 is 0 Å². The maximum Gasteiger partial charge on any atom is 0.227 e. The average Bonchev–Trinajstić information content (AvgIpc) is 2.28. The highest BCUT2D eigenvalue weighted by atomic mass is 35.5. The Morgan fingerprint density at radius 2 is 2.12 bits per heavy atom. The van der Waals surface area contributed by atoms with Gasteiger partial charge < -0.3 is 10.6 Å². The summed E-state index contributed by atoms with van der Waals surface area (Å²) in [7, 11) is 1.82. The van der Waals surface area contributed by atoms with E-state index in [4.69, 9.17) is 0 Å². The van der Waals surface area contributed by atoms with E-state index in [9.17, 15) is 9.18 Å². The zero-order chi connectivity index (χ0) is 12.0. The van der Waals surface area contributed by atoms with E-state index in [1.165, 1.54) is 12.1 Å². The molecule has 96 valence electrons. The zero-order valence-corrected chi connectivity index (χ0v) is 10.8. The van der Waals surface area contributed by atoms with E-state index in [-0.39, 0.29) is 30.0 Å². The predicted molar refractivity (Wildman–Crippen MR) is 69.0 cm³/mol. The molecule has 1 atom stereocenters. The van der Waals surface area contributed by atoms with E-state index in [0.29, 0.717) is 12.1 Å². The zero-order valence-electron chi connectivity index (χ0n) is 10.00. The summed E-state index contributed by atoms with van der Waals surface area (Å²) in [4.78, 5) is 11.7. The van der Waals surface area contributed by atoms with Crippen LogP contribution in [0.4, 0.5) is 4.39 Å². The van der Waals surface area contributed by atoms with Crippen LogP contribution < -0.4 is 10.6 Å². The molecule has 2 N–H and O–H groups in total. The molecule has 0 aliphatic carbocycles. The van der Waals surface area contributed by atoms with E-state index >= 15 is 0 Å². The summed E-state index contributed by atoms with van der Waals surface area (Å²) in [5.74, 6) is -0.721. The van der Waals surface area contributed by atoms with Crippen molar-refractivity contribution in [3.63, 3.8) is 0 Å². The highest BCUT2D eigenvalue weighted by Crippen LogP contribution is 2.15. The minimum atomic E-state index is -0.326. The first-order valence-corrected chi connectivity index (χ1v) is 5.33. The van der Waals surface area contributed by atoms with Crippen molar-refractivity contribution < 1.29 is 9.18 Å². The number of hydrogen-bond donors (Lipinski definition) is 2. The maximum absolute atomic E-state index is 13.0. The Hall–Kier alpha value is -1.13. The molecule has 0 aromatic heterocycles. The van der Waals surface area contributed by atoms with Gasteiger partial charge in [0, 0.05) is 13.1 Å². The van der Waals surface area contributed by atoms with E-state index in [1.807, 2.05) is 7.05 Å². The summed E-state index contributed by atoms with van der Waals surface area (Å²) in [5.41, 5.74) is 0.696. The van der Waals surface area contributed by atoms with Crippen molar-refractivity contribution in [1.82, 2.24) is 10.6 Å². The van der Waals surface area contributed by atoms with E-state index < -0.39 is 0 Å². The largest absolute Gasteiger partial charge is 0.354 e. The molecule has 1 aromatic rings. The highest BCUT2D eigenvalue weighted by Gasteiger charge is 2.14. The summed E-state index contributed by atoms with van der Waals surface area (Å²) in [6.07, 6.45) is 0. The molecule has 1 aromatic carbocycles. The minimum Gasteiger partial charge on any atom is -0.354 e. The number of halogens is 2. The Bertz CT molecular complexity index is 360. The Balaban J connectivity index is 0.00000256. The van der Waals surface area contributed by atoms with Gasteiger partial charge in [-0.15, -0.1) is 12.4 Å². The Morgan fingerprint density at radius 3 is 2.71 bits per heavy atom. The first-order valence-electron chi connectivity index (χ1n) is 5.33. The second-order valence-corrected chi connectivity index (χ2v) is 3.67. The third kappa shape index (κ3) is 5.15. The number of carbonyl (C=O) groups excluding carboxylic acids is 1. The summed E-state index contributed by atoms with van der Waals surface area (Å²) >= 11 is 0. The lowest BCUT2D eigenvalue weighted by Gasteiger charge is -2.12. The van der Waals surface area contributed by atoms with Gasteiger partial charge in [0.25, 0.3) is 0 Å². The number of amides is 1. The quantitative estimate of drug-likeness (QED) is 0.791. The van der Waals surface area contributed by atoms with Crippen LogP contribution in [0.5, 0.6) is 0 Å². The van der Waals surface area contributed by atoms with Gasteiger partial charge in [0.15, 0.2) is 0 Å². The minimum absolute atomic E-state index is 0. The van der Waals surface area contributed by atoms with Crippen molar-refractivity contribution in [3.8, 4) is 0 Å². The van der Waals surface area contributed by atoms with Crippen LogP contribution in [0.25, 0.3) is 0 Å². The molecule has 1 amide bonds. The predicted octanol–water partition coefficient (Wildman–Crippen LogP) is 1.69. The van der Waals surface area contributed by atoms with Gasteiger partial charge in [-0.2, -0.15) is 0 Å². The number of hydrogen-bond acceptors (Lipinski definition) is 2. The topological polar surface area (TPSA) is 41.1 Å². The number of nitrogens with one attached hydrogen (secondary N) is 2. The fraction of sp³-hybridized carbons (Fsp3) is 0.417. The summed E-state index contributed by atoms with van der Waals surface area (Å²) in [5, 5.41) is 5.71. The summed E-state index contributed by atoms with van der Waals surface area (Å²) in [6, 6.07) is 6.13. The van der Waals surface area contributed by atoms with Gasteiger partial charge in [-0.3, -0.25) is 4.79 Å². The molecule has 0 radical (unpaired) electrons. The molecule has 0 heterocycles. The lowest BCUT2D eigenvalue weighted by Crippen LogP contribution is -2.33. The van der Waals surface area contributed by atoms with Gasteiger partial charge in [0.1, 0.15) is 5.82 Å². The van der Waals surface area contributed by atoms with Crippen molar-refractivity contribution >= 4 is 18.3 Å². The van der Waals surface area contributed by atoms with Gasteiger partial charge in [-0.05, 0) is 31.7 Å². The van der Waals surface area contributed by atoms with Crippen LogP contribution in [0.3, 0.4) is 0 Å². The standard InChI is InChI=1S/C12H17FN2O.ClH/c1-9(12(16)15-7-6-14-2)10-4-3-5-11(13)8-10;/h3-5,8-9,14H,6-7H2,1-2H3,(H,15,16);1H. The molecule has 0 saturated carbocycles. The number of carbonyl (C=O) groups is 1. The van der Waals surface area contributed by atoms with Gasteiger partial charge in [0.2, 0.25) is 5.91 Å². The maximum atomic E-state index is 13.0. The molecule has 17 heavy (non-hydrogen) atoms. The first kappa shape index (κ1) is 15.9. The van der Waals surface area contributed by atoms with Gasteiger partial charge in [0.05, 0.1) is 5.92 Å². The van der Waals surface area contributed by atoms with E-state index in [0.717, 1.165) is 6.54 Å². The summed E-state index contributed by atoms with van der Waals surface area (Å²) < 4.78 is 13.0. The smallest absolute Gasteiger partial charge is 0.227 e. The molecule has 0 bridgehead atoms. The third-order valence-electron chi connectivity index (χ3n) is 2.42. The van der Waals surface area contributed by atoms with Crippen LogP contribution in [-0.4, -0.2) is 26.0 Å². The number of rotatable bonds is 5. The second kappa shape index (κ2) is 8.03. The third-order valence-corrected chi connectivity index (χ3v) is 2.42. The molecule has 5 heteroatoms. The molecule has 0 aliphatic rings. The van der Waals surface area contributed by atoms with Crippen LogP contribution in [0, 0.1) is 5.82 Å². The van der Waals surface area contributed by atoms with Crippen molar-refractivity contribution in [2.24, 2.45) is 0 Å². The van der Waals surface area contributed by atoms with Crippen LogP contribution in [0.2, 0.25) is 0 Å². The van der Waals surface area contributed by atoms with Crippen LogP contribution in [-0.2, 0) is 4.79 Å².